The molecule has 8 N–H and O–H groups in total. The molecule has 3 saturated carbocycles. The van der Waals surface area contributed by atoms with Gasteiger partial charge < -0.3 is 50.3 Å². The third kappa shape index (κ3) is 5.32. The van der Waals surface area contributed by atoms with E-state index in [4.69, 9.17) is 9.47 Å². The Labute approximate surface area is 239 Å². The van der Waals surface area contributed by atoms with E-state index in [9.17, 15) is 45.6 Å². The average Bonchev–Trinajstić information content (AvgIpc) is 3.03. The number of hydrogen-bond donors (Lipinski definition) is 8. The Bertz CT molecular complexity index is 1060. The van der Waals surface area contributed by atoms with E-state index in [2.05, 4.69) is 0 Å². The molecule has 4 aliphatic carbocycles. The first-order valence-corrected chi connectivity index (χ1v) is 15.2. The summed E-state index contributed by atoms with van der Waals surface area (Å²) in [6.07, 6.45) is -3.84. The van der Waals surface area contributed by atoms with Crippen LogP contribution in [0.2, 0.25) is 0 Å². The fraction of sp³-hybridized carbons (Fsp3) is 0.833. The molecule has 0 bridgehead atoms. The van der Waals surface area contributed by atoms with Gasteiger partial charge in [0.05, 0.1) is 61.0 Å². The third-order valence-electron chi connectivity index (χ3n) is 11.0. The van der Waals surface area contributed by atoms with Crippen molar-refractivity contribution in [2.24, 2.45) is 35.5 Å². The van der Waals surface area contributed by atoms with Crippen LogP contribution in [0.5, 0.6) is 0 Å². The molecule has 0 aromatic rings. The predicted octanol–water partition coefficient (Wildman–Crippen LogP) is -0.513. The van der Waals surface area contributed by atoms with Crippen LogP contribution < -0.4 is 0 Å². The van der Waals surface area contributed by atoms with Crippen LogP contribution in [0.4, 0.5) is 0 Å². The summed E-state index contributed by atoms with van der Waals surface area (Å²) >= 11 is 0. The van der Waals surface area contributed by atoms with E-state index in [1.165, 1.54) is 6.08 Å². The zero-order chi connectivity index (χ0) is 29.3. The van der Waals surface area contributed by atoms with E-state index in [-0.39, 0.29) is 43.9 Å². The van der Waals surface area contributed by atoms with Gasteiger partial charge in [-0.2, -0.15) is 0 Å². The van der Waals surface area contributed by atoms with Gasteiger partial charge in [-0.15, -0.1) is 0 Å². The second-order valence-electron chi connectivity index (χ2n) is 13.5. The van der Waals surface area contributed by atoms with E-state index in [0.29, 0.717) is 18.4 Å². The fourth-order valence-electron chi connectivity index (χ4n) is 8.83. The standard InChI is InChI=1S/C30H44O11/c1-11-19(33)8-16(30-24(38)10-18-21(35)5-14(32)7-26(18)41-30)15-2-12(3-22(36)28(39)27(11)15)29-23(37)9-17-20(34)4-13(31)6-25(17)40-29/h2-3,11,13-21,23-27,29-38H,4-10H2,1H3/t11?,13?,14?,15?,16?,17?,18?,19?,20?,21?,23?,24-,25?,26?,27?,29+,30-/m0/s1. The summed E-state index contributed by atoms with van der Waals surface area (Å²) in [5.74, 6) is -4.18. The number of Topliss-reactive ketones (excluding diaryl/α,β-unsaturated/α-hetero) is 1. The minimum Gasteiger partial charge on any atom is -0.504 e. The molecule has 6 rings (SSSR count). The van der Waals surface area contributed by atoms with Gasteiger partial charge in [0.1, 0.15) is 6.10 Å². The zero-order valence-electron chi connectivity index (χ0n) is 23.2. The highest BCUT2D eigenvalue weighted by molar-refractivity contribution is 5.96. The summed E-state index contributed by atoms with van der Waals surface area (Å²) in [6, 6.07) is 0. The summed E-state index contributed by atoms with van der Waals surface area (Å²) in [5, 5.41) is 85.8. The number of carbonyl (C=O) groups is 1. The number of hydrogen-bond acceptors (Lipinski definition) is 11. The van der Waals surface area contributed by atoms with Crippen molar-refractivity contribution in [1.82, 2.24) is 0 Å². The molecule has 14 unspecified atom stereocenters. The quantitative estimate of drug-likeness (QED) is 0.209. The smallest absolute Gasteiger partial charge is 0.201 e. The van der Waals surface area contributed by atoms with Gasteiger partial charge >= 0.3 is 0 Å². The lowest BCUT2D eigenvalue weighted by atomic mass is 9.61. The van der Waals surface area contributed by atoms with Gasteiger partial charge in [0.25, 0.3) is 0 Å². The van der Waals surface area contributed by atoms with Crippen molar-refractivity contribution >= 4 is 5.78 Å². The Morgan fingerprint density at radius 2 is 1.24 bits per heavy atom. The summed E-state index contributed by atoms with van der Waals surface area (Å²) < 4.78 is 12.6. The first kappa shape index (κ1) is 29.7. The maximum absolute atomic E-state index is 13.6. The Balaban J connectivity index is 1.33. The number of ether oxygens (including phenoxy) is 2. The predicted molar refractivity (Wildman–Crippen MR) is 142 cm³/mol. The Morgan fingerprint density at radius 1 is 0.683 bits per heavy atom. The molecule has 41 heavy (non-hydrogen) atoms. The van der Waals surface area contributed by atoms with Gasteiger partial charge in [0, 0.05) is 17.8 Å². The van der Waals surface area contributed by atoms with Crippen molar-refractivity contribution in [2.45, 2.75) is 119 Å². The number of fused-ring (bicyclic) bond motifs is 3. The van der Waals surface area contributed by atoms with E-state index < -0.39 is 102 Å². The first-order chi connectivity index (χ1) is 19.4. The topological polar surface area (TPSA) is 197 Å². The van der Waals surface area contributed by atoms with Crippen LogP contribution >= 0.6 is 0 Å². The molecular formula is C30H44O11. The van der Waals surface area contributed by atoms with Crippen LogP contribution in [-0.2, 0) is 14.3 Å². The van der Waals surface area contributed by atoms with Crippen LogP contribution in [0.15, 0.2) is 23.5 Å². The molecular weight excluding hydrogens is 536 g/mol. The molecule has 230 valence electrons. The van der Waals surface area contributed by atoms with Crippen LogP contribution in [0.1, 0.15) is 51.9 Å². The van der Waals surface area contributed by atoms with Crippen molar-refractivity contribution in [2.75, 3.05) is 0 Å². The molecule has 5 fully saturated rings. The second kappa shape index (κ2) is 11.3. The van der Waals surface area contributed by atoms with Crippen molar-refractivity contribution in [3.8, 4) is 0 Å². The van der Waals surface area contributed by atoms with Gasteiger partial charge in [-0.25, -0.2) is 0 Å². The fourth-order valence-corrected chi connectivity index (χ4v) is 8.83. The highest BCUT2D eigenvalue weighted by Crippen LogP contribution is 2.49. The van der Waals surface area contributed by atoms with E-state index in [1.807, 2.05) is 0 Å². The van der Waals surface area contributed by atoms with E-state index in [1.54, 1.807) is 13.0 Å². The van der Waals surface area contributed by atoms with Crippen LogP contribution in [0.3, 0.4) is 0 Å². The lowest BCUT2D eigenvalue weighted by molar-refractivity contribution is -0.221. The van der Waals surface area contributed by atoms with Crippen molar-refractivity contribution in [3.63, 3.8) is 0 Å². The van der Waals surface area contributed by atoms with Gasteiger partial charge in [0.2, 0.25) is 5.78 Å². The molecule has 6 aliphatic rings. The molecule has 2 saturated heterocycles. The lowest BCUT2D eigenvalue weighted by Gasteiger charge is -2.51. The Kier molecular flexibility index (Phi) is 8.14. The molecule has 0 spiro atoms. The van der Waals surface area contributed by atoms with Crippen molar-refractivity contribution in [3.05, 3.63) is 23.5 Å². The summed E-state index contributed by atoms with van der Waals surface area (Å²) in [4.78, 5) is 13.6. The molecule has 2 heterocycles. The molecule has 11 nitrogen and oxygen atoms in total. The molecule has 17 atom stereocenters. The molecule has 11 heteroatoms. The van der Waals surface area contributed by atoms with Gasteiger partial charge in [0.15, 0.2) is 5.76 Å². The number of carbonyl (C=O) groups excluding carboxylic acids is 1. The van der Waals surface area contributed by atoms with E-state index >= 15 is 0 Å². The van der Waals surface area contributed by atoms with Crippen LogP contribution in [0.25, 0.3) is 0 Å². The van der Waals surface area contributed by atoms with Crippen LogP contribution in [-0.4, -0.2) is 114 Å². The molecule has 0 amide bonds. The van der Waals surface area contributed by atoms with Crippen molar-refractivity contribution < 1.29 is 55.1 Å². The first-order valence-electron chi connectivity index (χ1n) is 15.2. The molecule has 0 radical (unpaired) electrons. The number of ketones is 1. The minimum absolute atomic E-state index is 0.213. The highest BCUT2D eigenvalue weighted by Gasteiger charge is 2.54. The number of allylic oxidation sites excluding steroid dienone is 2. The monoisotopic (exact) mass is 580 g/mol. The largest absolute Gasteiger partial charge is 0.504 e. The van der Waals surface area contributed by atoms with Gasteiger partial charge in [-0.1, -0.05) is 13.0 Å². The zero-order valence-corrected chi connectivity index (χ0v) is 23.2. The summed E-state index contributed by atoms with van der Waals surface area (Å²) in [7, 11) is 0. The summed E-state index contributed by atoms with van der Waals surface area (Å²) in [5.41, 5.74) is 0.393. The highest BCUT2D eigenvalue weighted by atomic mass is 16.5. The Hall–Kier alpha value is -1.41. The van der Waals surface area contributed by atoms with E-state index in [0.717, 1.165) is 0 Å². The molecule has 2 aliphatic heterocycles. The lowest BCUT2D eigenvalue weighted by Crippen LogP contribution is -2.58. The second-order valence-corrected chi connectivity index (χ2v) is 13.5. The minimum atomic E-state index is -1.03. The third-order valence-corrected chi connectivity index (χ3v) is 11.0. The normalized spacial score (nSPS) is 54.1. The Morgan fingerprint density at radius 3 is 1.88 bits per heavy atom. The molecule has 0 aromatic heterocycles. The number of rotatable bonds is 2. The van der Waals surface area contributed by atoms with Gasteiger partial charge in [-0.05, 0) is 74.3 Å². The molecule has 0 aromatic carbocycles. The van der Waals surface area contributed by atoms with Crippen LogP contribution in [0, 0.1) is 35.5 Å². The maximum atomic E-state index is 13.6. The summed E-state index contributed by atoms with van der Waals surface area (Å²) in [6.45, 7) is 1.76. The van der Waals surface area contributed by atoms with Gasteiger partial charge in [-0.3, -0.25) is 4.79 Å². The average molecular weight is 581 g/mol. The SMILES string of the molecule is CC1C(O)CC([C@@H]2OC3CC(O)CC(O)C3C[C@@H]2O)C2C=C([C@H]3OC4CC(O)CC(O)C4CC3O)C=C(O)C(=O)C12. The van der Waals surface area contributed by atoms with Crippen molar-refractivity contribution in [1.29, 1.82) is 0 Å². The maximum Gasteiger partial charge on any atom is 0.201 e. The number of aliphatic hydroxyl groups is 8. The number of aliphatic hydroxyl groups excluding tert-OH is 8.